The summed E-state index contributed by atoms with van der Waals surface area (Å²) in [6.45, 7) is 1.75. The molecule has 3 rings (SSSR count). The van der Waals surface area contributed by atoms with Crippen LogP contribution in [0.4, 0.5) is 5.69 Å². The monoisotopic (exact) mass is 368 g/mol. The van der Waals surface area contributed by atoms with Gasteiger partial charge in [0.2, 0.25) is 0 Å². The van der Waals surface area contributed by atoms with Gasteiger partial charge in [-0.05, 0) is 19.1 Å². The molecule has 132 valence electrons. The predicted molar refractivity (Wildman–Crippen MR) is 99.7 cm³/mol. The number of nitrogens with one attached hydrogen (secondary N) is 1. The molecule has 26 heavy (non-hydrogen) atoms. The molecule has 0 spiro atoms. The number of carbonyl (C=O) groups excluding carboxylic acids is 2. The number of hydrogen-bond acceptors (Lipinski definition) is 6. The van der Waals surface area contributed by atoms with Gasteiger partial charge in [0.25, 0.3) is 5.91 Å². The number of amides is 1. The summed E-state index contributed by atoms with van der Waals surface area (Å²) in [4.78, 5) is 29.2. The molecule has 0 radical (unpaired) electrons. The molecule has 1 heterocycles. The summed E-state index contributed by atoms with van der Waals surface area (Å²) < 4.78 is 4.61. The minimum atomic E-state index is -0.682. The fourth-order valence-electron chi connectivity index (χ4n) is 2.41. The molecule has 3 aromatic rings. The predicted octanol–water partition coefficient (Wildman–Crippen LogP) is 3.86. The highest BCUT2D eigenvalue weighted by Crippen LogP contribution is 2.31. The van der Waals surface area contributed by atoms with Crippen molar-refractivity contribution < 1.29 is 19.4 Å². The molecule has 0 unspecified atom stereocenters. The summed E-state index contributed by atoms with van der Waals surface area (Å²) >= 11 is 1.26. The number of aryl methyl sites for hydroxylation is 1. The van der Waals surface area contributed by atoms with Crippen molar-refractivity contribution in [1.82, 2.24) is 4.98 Å². The van der Waals surface area contributed by atoms with Crippen LogP contribution >= 0.6 is 11.3 Å². The quantitative estimate of drug-likeness (QED) is 0.539. The van der Waals surface area contributed by atoms with Crippen LogP contribution in [0.15, 0.2) is 48.5 Å². The maximum atomic E-state index is 12.6. The fraction of sp³-hybridized carbons (Fsp3) is 0.105. The number of phenolic OH excluding ortho intramolecular Hbond substituents is 1. The van der Waals surface area contributed by atoms with E-state index in [1.54, 1.807) is 13.0 Å². The summed E-state index contributed by atoms with van der Waals surface area (Å²) in [6, 6.07) is 14.0. The zero-order valence-electron chi connectivity index (χ0n) is 14.1. The number of carbonyl (C=O) groups is 2. The highest BCUT2D eigenvalue weighted by molar-refractivity contribution is 7.17. The summed E-state index contributed by atoms with van der Waals surface area (Å²) in [7, 11) is 1.22. The number of aromatic hydroxyl groups is 1. The van der Waals surface area contributed by atoms with Crippen LogP contribution in [0.2, 0.25) is 0 Å². The van der Waals surface area contributed by atoms with Crippen molar-refractivity contribution in [3.8, 4) is 16.3 Å². The number of phenols is 1. The first-order chi connectivity index (χ1) is 12.5. The highest BCUT2D eigenvalue weighted by atomic mass is 32.1. The Bertz CT molecular complexity index is 967. The molecule has 2 aromatic carbocycles. The number of nitrogens with zero attached hydrogens (tertiary/aromatic N) is 1. The van der Waals surface area contributed by atoms with Crippen LogP contribution in [-0.4, -0.2) is 29.1 Å². The van der Waals surface area contributed by atoms with Crippen LogP contribution in [0, 0.1) is 6.92 Å². The Morgan fingerprint density at radius 2 is 1.85 bits per heavy atom. The Labute approximate surface area is 154 Å². The fourth-order valence-corrected chi connectivity index (χ4v) is 3.38. The maximum Gasteiger partial charge on any atom is 0.341 e. The molecular formula is C19H16N2O4S. The van der Waals surface area contributed by atoms with Crippen molar-refractivity contribution in [3.63, 3.8) is 0 Å². The van der Waals surface area contributed by atoms with E-state index in [0.717, 1.165) is 10.6 Å². The zero-order chi connectivity index (χ0) is 18.7. The zero-order valence-corrected chi connectivity index (χ0v) is 15.0. The van der Waals surface area contributed by atoms with E-state index in [1.807, 2.05) is 30.3 Å². The van der Waals surface area contributed by atoms with E-state index in [1.165, 1.54) is 30.6 Å². The van der Waals surface area contributed by atoms with Crippen molar-refractivity contribution in [2.45, 2.75) is 6.92 Å². The standard InChI is InChI=1S/C19H16N2O4S/c1-11-16(26-18(20-11)12-7-4-3-5-8-12)17(23)21-14-10-6-9-13(15(14)22)19(24)25-2/h3-10,22H,1-2H3,(H,21,23). The molecule has 0 saturated carbocycles. The van der Waals surface area contributed by atoms with Crippen molar-refractivity contribution in [1.29, 1.82) is 0 Å². The van der Waals surface area contributed by atoms with Gasteiger partial charge in [-0.2, -0.15) is 0 Å². The van der Waals surface area contributed by atoms with Gasteiger partial charge in [-0.25, -0.2) is 9.78 Å². The van der Waals surface area contributed by atoms with Crippen molar-refractivity contribution in [2.24, 2.45) is 0 Å². The number of thiazole rings is 1. The van der Waals surface area contributed by atoms with Gasteiger partial charge in [0, 0.05) is 5.56 Å². The molecule has 6 nitrogen and oxygen atoms in total. The first kappa shape index (κ1) is 17.6. The molecule has 0 aliphatic carbocycles. The average Bonchev–Trinajstić information content (AvgIpc) is 3.05. The summed E-state index contributed by atoms with van der Waals surface area (Å²) in [5.41, 5.74) is 1.63. The number of methoxy groups -OCH3 is 1. The van der Waals surface area contributed by atoms with Crippen LogP contribution in [0.5, 0.6) is 5.75 Å². The first-order valence-electron chi connectivity index (χ1n) is 7.75. The van der Waals surface area contributed by atoms with Gasteiger partial charge >= 0.3 is 5.97 Å². The van der Waals surface area contributed by atoms with Gasteiger partial charge in [0.1, 0.15) is 15.4 Å². The normalized spacial score (nSPS) is 10.4. The van der Waals surface area contributed by atoms with E-state index in [9.17, 15) is 14.7 Å². The number of ether oxygens (including phenoxy) is 1. The summed E-state index contributed by atoms with van der Waals surface area (Å²) in [5.74, 6) is -1.42. The van der Waals surface area contributed by atoms with Crippen LogP contribution in [0.3, 0.4) is 0 Å². The Kier molecular flexibility index (Phi) is 4.99. The lowest BCUT2D eigenvalue weighted by Crippen LogP contribution is -2.12. The molecular weight excluding hydrogens is 352 g/mol. The maximum absolute atomic E-state index is 12.6. The molecule has 0 fully saturated rings. The third-order valence-corrected chi connectivity index (χ3v) is 4.92. The smallest absolute Gasteiger partial charge is 0.341 e. The van der Waals surface area contributed by atoms with Gasteiger partial charge in [-0.3, -0.25) is 4.79 Å². The average molecular weight is 368 g/mol. The van der Waals surface area contributed by atoms with Crippen LogP contribution in [0.1, 0.15) is 25.7 Å². The SMILES string of the molecule is COC(=O)c1cccc(NC(=O)c2sc(-c3ccccc3)nc2C)c1O. The number of esters is 1. The summed E-state index contributed by atoms with van der Waals surface area (Å²) in [6.07, 6.45) is 0. The van der Waals surface area contributed by atoms with Crippen LogP contribution in [-0.2, 0) is 4.74 Å². The lowest BCUT2D eigenvalue weighted by molar-refractivity contribution is 0.0597. The molecule has 0 atom stereocenters. The second-order valence-electron chi connectivity index (χ2n) is 5.45. The number of rotatable bonds is 4. The molecule has 2 N–H and O–H groups in total. The topological polar surface area (TPSA) is 88.5 Å². The number of aromatic nitrogens is 1. The van der Waals surface area contributed by atoms with E-state index in [0.29, 0.717) is 10.6 Å². The minimum Gasteiger partial charge on any atom is -0.505 e. The molecule has 0 saturated heterocycles. The van der Waals surface area contributed by atoms with Gasteiger partial charge in [0.05, 0.1) is 18.5 Å². The lowest BCUT2D eigenvalue weighted by Gasteiger charge is -2.09. The molecule has 0 aliphatic heterocycles. The first-order valence-corrected chi connectivity index (χ1v) is 8.57. The van der Waals surface area contributed by atoms with Gasteiger partial charge < -0.3 is 15.2 Å². The molecule has 1 amide bonds. The second-order valence-corrected chi connectivity index (χ2v) is 6.45. The molecule has 0 aliphatic rings. The van der Waals surface area contributed by atoms with Gasteiger partial charge in [0.15, 0.2) is 5.75 Å². The van der Waals surface area contributed by atoms with Crippen molar-refractivity contribution >= 4 is 28.9 Å². The Balaban J connectivity index is 1.88. The number of benzene rings is 2. The lowest BCUT2D eigenvalue weighted by atomic mass is 10.1. The molecule has 0 bridgehead atoms. The summed E-state index contributed by atoms with van der Waals surface area (Å²) in [5, 5.41) is 13.6. The molecule has 1 aromatic heterocycles. The van der Waals surface area contributed by atoms with E-state index in [2.05, 4.69) is 15.0 Å². The molecule has 7 heteroatoms. The van der Waals surface area contributed by atoms with E-state index in [4.69, 9.17) is 0 Å². The largest absolute Gasteiger partial charge is 0.505 e. The Morgan fingerprint density at radius 3 is 2.54 bits per heavy atom. The Morgan fingerprint density at radius 1 is 1.12 bits per heavy atom. The van der Waals surface area contributed by atoms with Crippen LogP contribution < -0.4 is 5.32 Å². The van der Waals surface area contributed by atoms with E-state index < -0.39 is 11.9 Å². The van der Waals surface area contributed by atoms with Gasteiger partial charge in [-0.15, -0.1) is 11.3 Å². The van der Waals surface area contributed by atoms with Crippen molar-refractivity contribution in [3.05, 3.63) is 64.7 Å². The number of para-hydroxylation sites is 1. The third kappa shape index (κ3) is 3.43. The minimum absolute atomic E-state index is 0.0173. The second kappa shape index (κ2) is 7.37. The third-order valence-electron chi connectivity index (χ3n) is 3.71. The van der Waals surface area contributed by atoms with E-state index in [-0.39, 0.29) is 17.0 Å². The highest BCUT2D eigenvalue weighted by Gasteiger charge is 2.20. The van der Waals surface area contributed by atoms with E-state index >= 15 is 0 Å². The number of anilines is 1. The van der Waals surface area contributed by atoms with Crippen molar-refractivity contribution in [2.75, 3.05) is 12.4 Å². The number of hydrogen-bond donors (Lipinski definition) is 2. The van der Waals surface area contributed by atoms with Gasteiger partial charge in [-0.1, -0.05) is 36.4 Å². The van der Waals surface area contributed by atoms with Crippen LogP contribution in [0.25, 0.3) is 10.6 Å². The Hall–Kier alpha value is -3.19.